The average molecular weight is 410 g/mol. The molecule has 0 radical (unpaired) electrons. The summed E-state index contributed by atoms with van der Waals surface area (Å²) in [6, 6.07) is 13.5. The zero-order valence-electron chi connectivity index (χ0n) is 16.3. The lowest BCUT2D eigenvalue weighted by Gasteiger charge is -2.09. The standard InChI is InChI=1S/C21H22N4O3S/c1-14-6-3-4-7-16(14)22-19(26)13-29-21-24-23-20(25(21)2)15-8-9-17-18(12-15)28-11-5-10-27-17/h3-4,6-9,12H,5,10-11,13H2,1-2H3,(H,22,26). The summed E-state index contributed by atoms with van der Waals surface area (Å²) in [4.78, 5) is 12.3. The number of ether oxygens (including phenoxy) is 2. The molecule has 1 aromatic heterocycles. The topological polar surface area (TPSA) is 78.3 Å². The minimum atomic E-state index is -0.0792. The normalized spacial score (nSPS) is 13.0. The van der Waals surface area contributed by atoms with E-state index in [1.54, 1.807) is 0 Å². The fourth-order valence-electron chi connectivity index (χ4n) is 3.02. The van der Waals surface area contributed by atoms with Gasteiger partial charge in [0.05, 0.1) is 19.0 Å². The molecule has 7 nitrogen and oxygen atoms in total. The molecule has 0 bridgehead atoms. The van der Waals surface area contributed by atoms with Crippen LogP contribution in [0.5, 0.6) is 11.5 Å². The van der Waals surface area contributed by atoms with Crippen molar-refractivity contribution in [3.63, 3.8) is 0 Å². The minimum Gasteiger partial charge on any atom is -0.490 e. The molecular formula is C21H22N4O3S. The Morgan fingerprint density at radius 1 is 1.14 bits per heavy atom. The van der Waals surface area contributed by atoms with Gasteiger partial charge in [0.15, 0.2) is 22.5 Å². The third kappa shape index (κ3) is 4.37. The number of hydrogen-bond acceptors (Lipinski definition) is 6. The second-order valence-corrected chi connectivity index (χ2v) is 7.67. The largest absolute Gasteiger partial charge is 0.490 e. The van der Waals surface area contributed by atoms with Gasteiger partial charge in [-0.2, -0.15) is 0 Å². The van der Waals surface area contributed by atoms with Gasteiger partial charge in [-0.15, -0.1) is 10.2 Å². The Balaban J connectivity index is 1.44. The first kappa shape index (κ1) is 19.3. The number of amides is 1. The molecule has 1 aliphatic rings. The van der Waals surface area contributed by atoms with E-state index in [0.717, 1.165) is 34.7 Å². The number of nitrogens with zero attached hydrogens (tertiary/aromatic N) is 3. The van der Waals surface area contributed by atoms with Crippen LogP contribution in [0.1, 0.15) is 12.0 Å². The van der Waals surface area contributed by atoms with E-state index in [4.69, 9.17) is 9.47 Å². The number of para-hydroxylation sites is 1. The molecule has 0 saturated carbocycles. The summed E-state index contributed by atoms with van der Waals surface area (Å²) >= 11 is 1.35. The van der Waals surface area contributed by atoms with Crippen molar-refractivity contribution in [2.24, 2.45) is 7.05 Å². The Morgan fingerprint density at radius 3 is 2.76 bits per heavy atom. The Hall–Kier alpha value is -3.00. The monoisotopic (exact) mass is 410 g/mol. The van der Waals surface area contributed by atoms with E-state index >= 15 is 0 Å². The van der Waals surface area contributed by atoms with Gasteiger partial charge < -0.3 is 19.4 Å². The molecule has 1 amide bonds. The summed E-state index contributed by atoms with van der Waals surface area (Å²) in [5.74, 6) is 2.35. The van der Waals surface area contributed by atoms with Crippen LogP contribution in [0.3, 0.4) is 0 Å². The van der Waals surface area contributed by atoms with Crippen molar-refractivity contribution in [3.8, 4) is 22.9 Å². The molecule has 4 rings (SSSR count). The summed E-state index contributed by atoms with van der Waals surface area (Å²) in [7, 11) is 1.89. The number of fused-ring (bicyclic) bond motifs is 1. The number of carbonyl (C=O) groups excluding carboxylic acids is 1. The van der Waals surface area contributed by atoms with Crippen molar-refractivity contribution in [1.82, 2.24) is 14.8 Å². The van der Waals surface area contributed by atoms with Gasteiger partial charge in [0, 0.05) is 24.7 Å². The molecule has 3 aromatic rings. The third-order valence-corrected chi connectivity index (χ3v) is 5.61. The quantitative estimate of drug-likeness (QED) is 0.647. The van der Waals surface area contributed by atoms with Crippen LogP contribution in [0.2, 0.25) is 0 Å². The Kier molecular flexibility index (Phi) is 5.71. The van der Waals surface area contributed by atoms with E-state index in [2.05, 4.69) is 15.5 Å². The lowest BCUT2D eigenvalue weighted by atomic mass is 10.2. The lowest BCUT2D eigenvalue weighted by molar-refractivity contribution is -0.113. The zero-order chi connectivity index (χ0) is 20.2. The number of nitrogens with one attached hydrogen (secondary N) is 1. The molecule has 0 fully saturated rings. The van der Waals surface area contributed by atoms with E-state index < -0.39 is 0 Å². The highest BCUT2D eigenvalue weighted by atomic mass is 32.2. The maximum absolute atomic E-state index is 12.3. The highest BCUT2D eigenvalue weighted by molar-refractivity contribution is 7.99. The summed E-state index contributed by atoms with van der Waals surface area (Å²) in [5.41, 5.74) is 2.74. The van der Waals surface area contributed by atoms with Crippen LogP contribution in [0.25, 0.3) is 11.4 Å². The third-order valence-electron chi connectivity index (χ3n) is 4.59. The van der Waals surface area contributed by atoms with Crippen LogP contribution in [-0.4, -0.2) is 39.6 Å². The summed E-state index contributed by atoms with van der Waals surface area (Å²) in [6.07, 6.45) is 0.860. The van der Waals surface area contributed by atoms with E-state index in [0.29, 0.717) is 24.2 Å². The van der Waals surface area contributed by atoms with Crippen molar-refractivity contribution < 1.29 is 14.3 Å². The van der Waals surface area contributed by atoms with Crippen LogP contribution in [0, 0.1) is 6.92 Å². The summed E-state index contributed by atoms with van der Waals surface area (Å²) < 4.78 is 13.3. The van der Waals surface area contributed by atoms with Crippen LogP contribution >= 0.6 is 11.8 Å². The first-order valence-corrected chi connectivity index (χ1v) is 10.4. The predicted molar refractivity (Wildman–Crippen MR) is 113 cm³/mol. The maximum Gasteiger partial charge on any atom is 0.234 e. The van der Waals surface area contributed by atoms with Crippen LogP contribution in [0.15, 0.2) is 47.6 Å². The molecule has 0 aliphatic carbocycles. The predicted octanol–water partition coefficient (Wildman–Crippen LogP) is 3.68. The number of carbonyl (C=O) groups is 1. The summed E-state index contributed by atoms with van der Waals surface area (Å²) in [6.45, 7) is 3.25. The van der Waals surface area contributed by atoms with E-state index in [9.17, 15) is 4.79 Å². The van der Waals surface area contributed by atoms with Crippen LogP contribution in [-0.2, 0) is 11.8 Å². The number of rotatable bonds is 5. The van der Waals surface area contributed by atoms with Crippen molar-refractivity contribution in [2.45, 2.75) is 18.5 Å². The van der Waals surface area contributed by atoms with Gasteiger partial charge in [-0.25, -0.2) is 0 Å². The Labute approximate surface area is 173 Å². The van der Waals surface area contributed by atoms with Gasteiger partial charge >= 0.3 is 0 Å². The second kappa shape index (κ2) is 8.57. The Morgan fingerprint density at radius 2 is 1.93 bits per heavy atom. The molecule has 0 atom stereocenters. The van der Waals surface area contributed by atoms with Crippen LogP contribution in [0.4, 0.5) is 5.69 Å². The zero-order valence-corrected chi connectivity index (χ0v) is 17.2. The van der Waals surface area contributed by atoms with Crippen LogP contribution < -0.4 is 14.8 Å². The number of hydrogen-bond donors (Lipinski definition) is 1. The fourth-order valence-corrected chi connectivity index (χ4v) is 3.73. The van der Waals surface area contributed by atoms with Gasteiger partial charge in [-0.1, -0.05) is 30.0 Å². The van der Waals surface area contributed by atoms with Gasteiger partial charge in [0.1, 0.15) is 0 Å². The van der Waals surface area contributed by atoms with Gasteiger partial charge in [-0.05, 0) is 36.8 Å². The van der Waals surface area contributed by atoms with E-state index in [1.165, 1.54) is 11.8 Å². The molecular weight excluding hydrogens is 388 g/mol. The molecule has 150 valence electrons. The SMILES string of the molecule is Cc1ccccc1NC(=O)CSc1nnc(-c2ccc3c(c2)OCCCO3)n1C. The van der Waals surface area contributed by atoms with Gasteiger partial charge in [-0.3, -0.25) is 4.79 Å². The van der Waals surface area contributed by atoms with E-state index in [1.807, 2.05) is 61.0 Å². The molecule has 1 N–H and O–H groups in total. The first-order valence-electron chi connectivity index (χ1n) is 9.39. The van der Waals surface area contributed by atoms with Gasteiger partial charge in [0.2, 0.25) is 5.91 Å². The summed E-state index contributed by atoms with van der Waals surface area (Å²) in [5, 5.41) is 12.1. The van der Waals surface area contributed by atoms with Crippen molar-refractivity contribution >= 4 is 23.4 Å². The molecule has 2 aromatic carbocycles. The molecule has 2 heterocycles. The van der Waals surface area contributed by atoms with E-state index in [-0.39, 0.29) is 11.7 Å². The first-order chi connectivity index (χ1) is 14.1. The maximum atomic E-state index is 12.3. The molecule has 0 spiro atoms. The van der Waals surface area contributed by atoms with Crippen molar-refractivity contribution in [1.29, 1.82) is 0 Å². The number of thioether (sulfide) groups is 1. The van der Waals surface area contributed by atoms with Gasteiger partial charge in [0.25, 0.3) is 0 Å². The lowest BCUT2D eigenvalue weighted by Crippen LogP contribution is -2.15. The highest BCUT2D eigenvalue weighted by Crippen LogP contribution is 2.34. The average Bonchev–Trinajstić information content (AvgIpc) is 2.93. The number of aryl methyl sites for hydroxylation is 1. The molecule has 0 saturated heterocycles. The van der Waals surface area contributed by atoms with Crippen molar-refractivity contribution in [2.75, 3.05) is 24.3 Å². The number of benzene rings is 2. The number of aromatic nitrogens is 3. The molecule has 1 aliphatic heterocycles. The molecule has 29 heavy (non-hydrogen) atoms. The fraction of sp³-hybridized carbons (Fsp3) is 0.286. The smallest absolute Gasteiger partial charge is 0.234 e. The minimum absolute atomic E-state index is 0.0792. The molecule has 8 heteroatoms. The molecule has 0 unspecified atom stereocenters. The Bertz CT molecular complexity index is 1030. The highest BCUT2D eigenvalue weighted by Gasteiger charge is 2.17. The second-order valence-electron chi connectivity index (χ2n) is 6.73. The van der Waals surface area contributed by atoms with Crippen molar-refractivity contribution in [3.05, 3.63) is 48.0 Å². The number of anilines is 1.